The molecule has 3 fully saturated rings. The Morgan fingerprint density at radius 1 is 0.750 bits per heavy atom. The van der Waals surface area contributed by atoms with Crippen molar-refractivity contribution in [2.45, 2.75) is 111 Å². The van der Waals surface area contributed by atoms with Gasteiger partial charge in [-0.3, -0.25) is 0 Å². The number of aryl methyl sites for hydroxylation is 2. The van der Waals surface area contributed by atoms with Gasteiger partial charge in [-0.1, -0.05) is 83.9 Å². The predicted octanol–water partition coefficient (Wildman–Crippen LogP) is 8.88. The number of fused-ring (bicyclic) bond motifs is 5. The second kappa shape index (κ2) is 8.53. The summed E-state index contributed by atoms with van der Waals surface area (Å²) in [6, 6.07) is 8.88. The molecule has 36 heavy (non-hydrogen) atoms. The predicted molar refractivity (Wildman–Crippen MR) is 150 cm³/mol. The molecule has 2 aromatic carbocycles. The van der Waals surface area contributed by atoms with Crippen molar-refractivity contribution in [3.63, 3.8) is 0 Å². The molecule has 0 aromatic heterocycles. The van der Waals surface area contributed by atoms with E-state index in [9.17, 15) is 10.2 Å². The van der Waals surface area contributed by atoms with Crippen LogP contribution in [0.3, 0.4) is 0 Å². The SMILES string of the molecule is Cc1cc(C(C)C2CC3CC2C2C(c4cc(C)cc(C(C)(C)C)c4O)CCC32)c(O)c(C(C)(C)C)c1. The van der Waals surface area contributed by atoms with Crippen LogP contribution in [0.1, 0.15) is 119 Å². The van der Waals surface area contributed by atoms with E-state index in [2.05, 4.69) is 86.6 Å². The first-order valence-corrected chi connectivity index (χ1v) is 14.4. The molecular formula is C34H48O2. The average molecular weight is 489 g/mol. The normalized spacial score (nSPS) is 30.6. The molecule has 2 N–H and O–H groups in total. The van der Waals surface area contributed by atoms with Gasteiger partial charge >= 0.3 is 0 Å². The summed E-state index contributed by atoms with van der Waals surface area (Å²) >= 11 is 0. The molecule has 0 spiro atoms. The first-order valence-electron chi connectivity index (χ1n) is 14.4. The summed E-state index contributed by atoms with van der Waals surface area (Å²) in [5.41, 5.74) is 6.90. The Kier molecular flexibility index (Phi) is 6.09. The van der Waals surface area contributed by atoms with E-state index >= 15 is 0 Å². The number of phenolic OH excluding ortho intramolecular Hbond substituents is 2. The van der Waals surface area contributed by atoms with Crippen LogP contribution in [-0.4, -0.2) is 10.2 Å². The number of hydrogen-bond acceptors (Lipinski definition) is 2. The Balaban J connectivity index is 1.50. The van der Waals surface area contributed by atoms with Gasteiger partial charge in [-0.25, -0.2) is 0 Å². The number of rotatable bonds is 3. The molecule has 3 aliphatic rings. The van der Waals surface area contributed by atoms with Crippen LogP contribution in [0.4, 0.5) is 0 Å². The molecular weight excluding hydrogens is 440 g/mol. The van der Waals surface area contributed by atoms with Crippen LogP contribution in [0.2, 0.25) is 0 Å². The van der Waals surface area contributed by atoms with E-state index in [1.807, 2.05) is 0 Å². The zero-order valence-electron chi connectivity index (χ0n) is 24.1. The maximum absolute atomic E-state index is 11.5. The molecule has 0 heterocycles. The molecule has 196 valence electrons. The van der Waals surface area contributed by atoms with E-state index < -0.39 is 0 Å². The summed E-state index contributed by atoms with van der Waals surface area (Å²) in [6.45, 7) is 19.9. The lowest BCUT2D eigenvalue weighted by Gasteiger charge is -2.39. The fraction of sp³-hybridized carbons (Fsp3) is 0.647. The first-order chi connectivity index (χ1) is 16.7. The van der Waals surface area contributed by atoms with Crippen molar-refractivity contribution in [3.8, 4) is 11.5 Å². The van der Waals surface area contributed by atoms with Crippen LogP contribution in [-0.2, 0) is 10.8 Å². The summed E-state index contributed by atoms with van der Waals surface area (Å²) in [5, 5.41) is 22.9. The molecule has 0 amide bonds. The summed E-state index contributed by atoms with van der Waals surface area (Å²) < 4.78 is 0. The Labute approximate surface area is 219 Å². The van der Waals surface area contributed by atoms with Crippen LogP contribution in [0.25, 0.3) is 0 Å². The number of benzene rings is 2. The molecule has 3 aliphatic carbocycles. The van der Waals surface area contributed by atoms with Crippen LogP contribution in [0.5, 0.6) is 11.5 Å². The Hall–Kier alpha value is -1.96. The first kappa shape index (κ1) is 25.7. The lowest BCUT2D eigenvalue weighted by Crippen LogP contribution is -2.30. The molecule has 7 unspecified atom stereocenters. The van der Waals surface area contributed by atoms with Crippen molar-refractivity contribution in [2.24, 2.45) is 29.6 Å². The van der Waals surface area contributed by atoms with Crippen LogP contribution in [0.15, 0.2) is 24.3 Å². The van der Waals surface area contributed by atoms with E-state index in [0.717, 1.165) is 28.5 Å². The maximum Gasteiger partial charge on any atom is 0.122 e. The second-order valence-electron chi connectivity index (χ2n) is 14.8. The third-order valence-electron chi connectivity index (χ3n) is 10.3. The van der Waals surface area contributed by atoms with Crippen molar-refractivity contribution in [1.82, 2.24) is 0 Å². The highest BCUT2D eigenvalue weighted by atomic mass is 16.3. The van der Waals surface area contributed by atoms with Gasteiger partial charge in [0.25, 0.3) is 0 Å². The van der Waals surface area contributed by atoms with Gasteiger partial charge in [-0.05, 0) is 114 Å². The van der Waals surface area contributed by atoms with Gasteiger partial charge in [0.15, 0.2) is 0 Å². The largest absolute Gasteiger partial charge is 0.507 e. The third kappa shape index (κ3) is 4.07. The molecule has 2 heteroatoms. The fourth-order valence-electron chi connectivity index (χ4n) is 8.71. The van der Waals surface area contributed by atoms with Crippen molar-refractivity contribution >= 4 is 0 Å². The molecule has 2 aromatic rings. The summed E-state index contributed by atoms with van der Waals surface area (Å²) in [5.74, 6) is 5.43. The standard InChI is InChI=1S/C34H48O2/c1-18-12-25(31(35)28(14-18)33(4,5)6)20(3)24-16-21-17-26(24)30-22(21)10-11-23(30)27-13-19(2)15-29(32(27)36)34(7,8)9/h12-15,20-24,26,30,35-36H,10-11,16-17H2,1-9H3. The lowest BCUT2D eigenvalue weighted by atomic mass is 9.66. The minimum Gasteiger partial charge on any atom is -0.507 e. The summed E-state index contributed by atoms with van der Waals surface area (Å²) in [6.07, 6.45) is 5.14. The van der Waals surface area contributed by atoms with Crippen LogP contribution in [0, 0.1) is 43.4 Å². The van der Waals surface area contributed by atoms with Gasteiger partial charge in [0.2, 0.25) is 0 Å². The number of hydrogen-bond donors (Lipinski definition) is 2. The summed E-state index contributed by atoms with van der Waals surface area (Å²) in [7, 11) is 0. The van der Waals surface area contributed by atoms with Gasteiger partial charge in [-0.15, -0.1) is 0 Å². The third-order valence-corrected chi connectivity index (χ3v) is 10.3. The van der Waals surface area contributed by atoms with E-state index in [-0.39, 0.29) is 10.8 Å². The van der Waals surface area contributed by atoms with Crippen LogP contribution >= 0.6 is 0 Å². The number of aromatic hydroxyl groups is 2. The van der Waals surface area contributed by atoms with Gasteiger partial charge < -0.3 is 10.2 Å². The zero-order chi connectivity index (χ0) is 26.3. The smallest absolute Gasteiger partial charge is 0.122 e. The zero-order valence-corrected chi connectivity index (χ0v) is 24.1. The summed E-state index contributed by atoms with van der Waals surface area (Å²) in [4.78, 5) is 0. The molecule has 2 bridgehead atoms. The lowest BCUT2D eigenvalue weighted by molar-refractivity contribution is 0.156. The van der Waals surface area contributed by atoms with Gasteiger partial charge in [-0.2, -0.15) is 0 Å². The number of phenols is 2. The van der Waals surface area contributed by atoms with E-state index in [0.29, 0.717) is 41.1 Å². The van der Waals surface area contributed by atoms with E-state index in [1.54, 1.807) is 0 Å². The molecule has 0 radical (unpaired) electrons. The minimum atomic E-state index is -0.0750. The molecule has 2 nitrogen and oxygen atoms in total. The molecule has 0 aliphatic heterocycles. The Bertz CT molecular complexity index is 1160. The van der Waals surface area contributed by atoms with Gasteiger partial charge in [0, 0.05) is 0 Å². The topological polar surface area (TPSA) is 40.5 Å². The monoisotopic (exact) mass is 488 g/mol. The molecule has 3 saturated carbocycles. The highest BCUT2D eigenvalue weighted by Crippen LogP contribution is 2.67. The Morgan fingerprint density at radius 3 is 1.94 bits per heavy atom. The fourth-order valence-corrected chi connectivity index (χ4v) is 8.71. The average Bonchev–Trinajstić information content (AvgIpc) is 3.47. The highest BCUT2D eigenvalue weighted by Gasteiger charge is 2.58. The van der Waals surface area contributed by atoms with Crippen molar-refractivity contribution < 1.29 is 10.2 Å². The van der Waals surface area contributed by atoms with E-state index in [1.165, 1.54) is 42.4 Å². The minimum absolute atomic E-state index is 0.0674. The van der Waals surface area contributed by atoms with Gasteiger partial charge in [0.1, 0.15) is 11.5 Å². The van der Waals surface area contributed by atoms with E-state index in [4.69, 9.17) is 0 Å². The van der Waals surface area contributed by atoms with Crippen molar-refractivity contribution in [1.29, 1.82) is 0 Å². The molecule has 0 saturated heterocycles. The molecule has 5 rings (SSSR count). The quantitative estimate of drug-likeness (QED) is 0.453. The second-order valence-corrected chi connectivity index (χ2v) is 14.8. The maximum atomic E-state index is 11.5. The molecule has 7 atom stereocenters. The van der Waals surface area contributed by atoms with Crippen LogP contribution < -0.4 is 0 Å². The Morgan fingerprint density at radius 2 is 1.33 bits per heavy atom. The van der Waals surface area contributed by atoms with Gasteiger partial charge in [0.05, 0.1) is 0 Å². The van der Waals surface area contributed by atoms with Crippen molar-refractivity contribution in [2.75, 3.05) is 0 Å². The highest BCUT2D eigenvalue weighted by molar-refractivity contribution is 5.50. The van der Waals surface area contributed by atoms with Crippen molar-refractivity contribution in [3.05, 3.63) is 57.6 Å².